The molecule has 2 nitrogen and oxygen atoms in total. The van der Waals surface area contributed by atoms with Crippen molar-refractivity contribution in [3.8, 4) is 11.8 Å². The smallest absolute Gasteiger partial charge is 0.162 e. The van der Waals surface area contributed by atoms with Crippen molar-refractivity contribution in [3.63, 3.8) is 0 Å². The Morgan fingerprint density at radius 2 is 2.14 bits per heavy atom. The van der Waals surface area contributed by atoms with Gasteiger partial charge in [0.05, 0.1) is 6.42 Å². The maximum absolute atomic E-state index is 8.14. The summed E-state index contributed by atoms with van der Waals surface area (Å²) in [5.74, 6) is 5.03. The summed E-state index contributed by atoms with van der Waals surface area (Å²) in [6, 6.07) is 0. The van der Waals surface area contributed by atoms with Crippen LogP contribution in [0.3, 0.4) is 0 Å². The molecule has 0 spiro atoms. The van der Waals surface area contributed by atoms with Gasteiger partial charge in [-0.3, -0.25) is 0 Å². The van der Waals surface area contributed by atoms with Crippen LogP contribution in [0.2, 0.25) is 0 Å². The van der Waals surface area contributed by atoms with E-state index in [0.29, 0.717) is 0 Å². The summed E-state index contributed by atoms with van der Waals surface area (Å²) in [7, 11) is 0. The van der Waals surface area contributed by atoms with Gasteiger partial charge in [0.25, 0.3) is 0 Å². The lowest BCUT2D eigenvalue weighted by Gasteiger charge is -1.90. The summed E-state index contributed by atoms with van der Waals surface area (Å²) in [4.78, 5) is 0. The Bertz CT molecular complexity index is 86.0. The molecule has 0 amide bonds. The van der Waals surface area contributed by atoms with Crippen LogP contribution in [-0.2, 0) is 0 Å². The summed E-state index contributed by atoms with van der Waals surface area (Å²) in [5, 5.41) is 16.3. The third kappa shape index (κ3) is 5.48. The molecule has 0 aromatic rings. The SMILES string of the molecule is CC#CCC(O)O. The van der Waals surface area contributed by atoms with Gasteiger partial charge in [-0.25, -0.2) is 0 Å². The first-order valence-corrected chi connectivity index (χ1v) is 2.03. The quantitative estimate of drug-likeness (QED) is 0.351. The van der Waals surface area contributed by atoms with Crippen LogP contribution in [0.5, 0.6) is 0 Å². The largest absolute Gasteiger partial charge is 0.367 e. The number of hydrogen-bond acceptors (Lipinski definition) is 2. The molecule has 0 aromatic carbocycles. The van der Waals surface area contributed by atoms with Gasteiger partial charge in [0.2, 0.25) is 0 Å². The van der Waals surface area contributed by atoms with Crippen molar-refractivity contribution >= 4 is 0 Å². The topological polar surface area (TPSA) is 40.5 Å². The van der Waals surface area contributed by atoms with Crippen molar-refractivity contribution in [3.05, 3.63) is 0 Å². The van der Waals surface area contributed by atoms with E-state index in [4.69, 9.17) is 10.2 Å². The van der Waals surface area contributed by atoms with Gasteiger partial charge in [-0.15, -0.1) is 5.92 Å². The maximum atomic E-state index is 8.14. The zero-order valence-corrected chi connectivity index (χ0v) is 4.18. The molecule has 0 atom stereocenters. The Kier molecular flexibility index (Phi) is 3.39. The normalized spacial score (nSPS) is 8.00. The first-order valence-electron chi connectivity index (χ1n) is 2.03. The van der Waals surface area contributed by atoms with E-state index in [1.807, 2.05) is 0 Å². The van der Waals surface area contributed by atoms with Crippen LogP contribution in [0.1, 0.15) is 13.3 Å². The summed E-state index contributed by atoms with van der Waals surface area (Å²) < 4.78 is 0. The van der Waals surface area contributed by atoms with Gasteiger partial charge < -0.3 is 10.2 Å². The van der Waals surface area contributed by atoms with E-state index in [0.717, 1.165) is 0 Å². The van der Waals surface area contributed by atoms with Crippen LogP contribution >= 0.6 is 0 Å². The summed E-state index contributed by atoms with van der Waals surface area (Å²) >= 11 is 0. The minimum atomic E-state index is -1.27. The van der Waals surface area contributed by atoms with Gasteiger partial charge in [-0.05, 0) is 6.92 Å². The van der Waals surface area contributed by atoms with E-state index in [1.165, 1.54) is 0 Å². The number of aliphatic hydroxyl groups excluding tert-OH is 1. The Labute approximate surface area is 42.8 Å². The molecule has 0 heterocycles. The van der Waals surface area contributed by atoms with Crippen LogP contribution in [0.15, 0.2) is 0 Å². The maximum Gasteiger partial charge on any atom is 0.162 e. The monoisotopic (exact) mass is 100 g/mol. The molecule has 0 rings (SSSR count). The van der Waals surface area contributed by atoms with Gasteiger partial charge in [0, 0.05) is 0 Å². The molecular formula is C5H8O2. The molecular weight excluding hydrogens is 92.1 g/mol. The Morgan fingerprint density at radius 1 is 1.57 bits per heavy atom. The van der Waals surface area contributed by atoms with Crippen molar-refractivity contribution < 1.29 is 10.2 Å². The number of rotatable bonds is 1. The highest BCUT2D eigenvalue weighted by Gasteiger charge is 1.87. The van der Waals surface area contributed by atoms with E-state index in [-0.39, 0.29) is 6.42 Å². The molecule has 40 valence electrons. The van der Waals surface area contributed by atoms with Gasteiger partial charge in [0.15, 0.2) is 6.29 Å². The van der Waals surface area contributed by atoms with E-state index >= 15 is 0 Å². The third-order valence-electron chi connectivity index (χ3n) is 0.461. The standard InChI is InChI=1S/C5H8O2/c1-2-3-4-5(6)7/h5-7H,4H2,1H3. The zero-order chi connectivity index (χ0) is 5.70. The van der Waals surface area contributed by atoms with Crippen LogP contribution in [-0.4, -0.2) is 16.5 Å². The van der Waals surface area contributed by atoms with E-state index < -0.39 is 6.29 Å². The van der Waals surface area contributed by atoms with Gasteiger partial charge in [0.1, 0.15) is 0 Å². The summed E-state index contributed by atoms with van der Waals surface area (Å²) in [5.41, 5.74) is 0. The molecule has 2 heteroatoms. The molecule has 0 fully saturated rings. The molecule has 0 radical (unpaired) electrons. The van der Waals surface area contributed by atoms with Crippen molar-refractivity contribution in [2.24, 2.45) is 0 Å². The minimum Gasteiger partial charge on any atom is -0.367 e. The predicted octanol–water partition coefficient (Wildman–Crippen LogP) is -0.289. The summed E-state index contributed by atoms with van der Waals surface area (Å²) in [6.45, 7) is 1.66. The molecule has 0 bridgehead atoms. The second kappa shape index (κ2) is 3.66. The molecule has 0 aromatic heterocycles. The molecule has 0 saturated heterocycles. The fourth-order valence-corrected chi connectivity index (χ4v) is 0.193. The highest BCUT2D eigenvalue weighted by atomic mass is 16.5. The van der Waals surface area contributed by atoms with Crippen molar-refractivity contribution in [2.45, 2.75) is 19.6 Å². The lowest BCUT2D eigenvalue weighted by Crippen LogP contribution is -2.00. The first-order chi connectivity index (χ1) is 3.27. The average molecular weight is 100 g/mol. The molecule has 2 N–H and O–H groups in total. The number of aliphatic hydroxyl groups is 2. The summed E-state index contributed by atoms with van der Waals surface area (Å²) in [6.07, 6.45) is -1.12. The molecule has 0 saturated carbocycles. The van der Waals surface area contributed by atoms with E-state index in [2.05, 4.69) is 11.8 Å². The lowest BCUT2D eigenvalue weighted by atomic mass is 10.4. The van der Waals surface area contributed by atoms with Gasteiger partial charge in [-0.2, -0.15) is 0 Å². The van der Waals surface area contributed by atoms with E-state index in [9.17, 15) is 0 Å². The van der Waals surface area contributed by atoms with Gasteiger partial charge >= 0.3 is 0 Å². The lowest BCUT2D eigenvalue weighted by molar-refractivity contribution is -0.0344. The molecule has 0 unspecified atom stereocenters. The first kappa shape index (κ1) is 6.48. The molecule has 0 aliphatic heterocycles. The second-order valence-electron chi connectivity index (χ2n) is 1.11. The van der Waals surface area contributed by atoms with Crippen LogP contribution in [0, 0.1) is 11.8 Å². The van der Waals surface area contributed by atoms with E-state index in [1.54, 1.807) is 6.92 Å². The van der Waals surface area contributed by atoms with Crippen molar-refractivity contribution in [1.82, 2.24) is 0 Å². The Hall–Kier alpha value is -0.520. The van der Waals surface area contributed by atoms with Crippen LogP contribution in [0.25, 0.3) is 0 Å². The predicted molar refractivity (Wildman–Crippen MR) is 26.3 cm³/mol. The fraction of sp³-hybridized carbons (Fsp3) is 0.600. The van der Waals surface area contributed by atoms with Crippen molar-refractivity contribution in [2.75, 3.05) is 0 Å². The fourth-order valence-electron chi connectivity index (χ4n) is 0.193. The average Bonchev–Trinajstić information content (AvgIpc) is 1.61. The third-order valence-corrected chi connectivity index (χ3v) is 0.461. The number of hydrogen-bond donors (Lipinski definition) is 2. The molecule has 0 aliphatic carbocycles. The zero-order valence-electron chi connectivity index (χ0n) is 4.18. The molecule has 7 heavy (non-hydrogen) atoms. The van der Waals surface area contributed by atoms with Crippen LogP contribution in [0.4, 0.5) is 0 Å². The highest BCUT2D eigenvalue weighted by molar-refractivity contribution is 4.94. The van der Waals surface area contributed by atoms with Gasteiger partial charge in [-0.1, -0.05) is 5.92 Å². The highest BCUT2D eigenvalue weighted by Crippen LogP contribution is 1.79. The minimum absolute atomic E-state index is 0.149. The molecule has 0 aliphatic rings. The van der Waals surface area contributed by atoms with Crippen LogP contribution < -0.4 is 0 Å². The Morgan fingerprint density at radius 3 is 2.29 bits per heavy atom. The van der Waals surface area contributed by atoms with Crippen molar-refractivity contribution in [1.29, 1.82) is 0 Å². The Balaban J connectivity index is 3.08. The second-order valence-corrected chi connectivity index (χ2v) is 1.11.